The van der Waals surface area contributed by atoms with Crippen LogP contribution in [-0.2, 0) is 14.3 Å². The lowest BCUT2D eigenvalue weighted by Crippen LogP contribution is -2.36. The van der Waals surface area contributed by atoms with Crippen molar-refractivity contribution in [1.82, 2.24) is 16.0 Å². The number of carbonyl (C=O) groups is 2. The normalized spacial score (nSPS) is 24.7. The van der Waals surface area contributed by atoms with Gasteiger partial charge in [-0.2, -0.15) is 11.8 Å². The van der Waals surface area contributed by atoms with E-state index < -0.39 is 0 Å². The number of hydrogen-bond acceptors (Lipinski definition) is 5. The lowest BCUT2D eigenvalue weighted by Gasteiger charge is -2.16. The number of urea groups is 1. The Morgan fingerprint density at radius 2 is 2.04 bits per heavy atom. The van der Waals surface area contributed by atoms with Gasteiger partial charge in [0.2, 0.25) is 5.91 Å². The fourth-order valence-electron chi connectivity index (χ4n) is 3.13. The Labute approximate surface area is 154 Å². The van der Waals surface area contributed by atoms with E-state index >= 15 is 0 Å². The van der Waals surface area contributed by atoms with E-state index in [1.807, 2.05) is 18.7 Å². The molecule has 2 fully saturated rings. The van der Waals surface area contributed by atoms with Gasteiger partial charge in [0.1, 0.15) is 0 Å². The van der Waals surface area contributed by atoms with Crippen molar-refractivity contribution in [1.29, 1.82) is 0 Å². The molecule has 7 nitrogen and oxygen atoms in total. The van der Waals surface area contributed by atoms with Crippen LogP contribution in [0.1, 0.15) is 39.0 Å². The number of unbranched alkanes of at least 4 members (excludes halogenated alkanes) is 1. The number of hydrogen-bond donors (Lipinski definition) is 3. The molecule has 0 unspecified atom stereocenters. The van der Waals surface area contributed by atoms with Crippen LogP contribution in [0, 0.1) is 0 Å². The summed E-state index contributed by atoms with van der Waals surface area (Å²) in [5, 5.41) is 9.36. The third-order valence-corrected chi connectivity index (χ3v) is 5.95. The molecule has 3 atom stereocenters. The number of rotatable bonds is 13. The van der Waals surface area contributed by atoms with Gasteiger partial charge in [-0.1, -0.05) is 6.42 Å². The predicted octanol–water partition coefficient (Wildman–Crippen LogP) is 1.27. The second-order valence-corrected chi connectivity index (χ2v) is 7.65. The SMILES string of the molecule is CCOCCOCCCNC(=O)CCCC[C@H]1SC[C@H]2NC(=O)N[C@H]21. The second kappa shape index (κ2) is 11.6. The van der Waals surface area contributed by atoms with Crippen LogP contribution in [-0.4, -0.2) is 68.0 Å². The van der Waals surface area contributed by atoms with E-state index in [4.69, 9.17) is 9.47 Å². The Balaban J connectivity index is 1.41. The van der Waals surface area contributed by atoms with Crippen molar-refractivity contribution in [2.45, 2.75) is 56.4 Å². The zero-order valence-electron chi connectivity index (χ0n) is 15.1. The molecule has 3 amide bonds. The minimum Gasteiger partial charge on any atom is -0.379 e. The molecule has 0 aliphatic carbocycles. The zero-order chi connectivity index (χ0) is 17.9. The first-order valence-electron chi connectivity index (χ1n) is 9.31. The number of amides is 3. The highest BCUT2D eigenvalue weighted by Crippen LogP contribution is 2.33. The van der Waals surface area contributed by atoms with Crippen LogP contribution in [0.2, 0.25) is 0 Å². The van der Waals surface area contributed by atoms with E-state index in [9.17, 15) is 9.59 Å². The van der Waals surface area contributed by atoms with Gasteiger partial charge in [-0.3, -0.25) is 4.79 Å². The average molecular weight is 374 g/mol. The molecule has 2 saturated heterocycles. The van der Waals surface area contributed by atoms with E-state index in [2.05, 4.69) is 16.0 Å². The molecule has 25 heavy (non-hydrogen) atoms. The maximum absolute atomic E-state index is 11.8. The van der Waals surface area contributed by atoms with Gasteiger partial charge >= 0.3 is 6.03 Å². The molecule has 3 N–H and O–H groups in total. The van der Waals surface area contributed by atoms with Crippen LogP contribution in [0.3, 0.4) is 0 Å². The first kappa shape index (κ1) is 20.3. The quantitative estimate of drug-likeness (QED) is 0.334. The lowest BCUT2D eigenvalue weighted by molar-refractivity contribution is -0.121. The monoisotopic (exact) mass is 373 g/mol. The van der Waals surface area contributed by atoms with Crippen LogP contribution in [0.15, 0.2) is 0 Å². The molecule has 0 saturated carbocycles. The molecule has 2 aliphatic rings. The molecule has 0 radical (unpaired) electrons. The van der Waals surface area contributed by atoms with Crippen LogP contribution in [0.5, 0.6) is 0 Å². The van der Waals surface area contributed by atoms with Crippen LogP contribution >= 0.6 is 11.8 Å². The average Bonchev–Trinajstić information content (AvgIpc) is 3.13. The summed E-state index contributed by atoms with van der Waals surface area (Å²) < 4.78 is 10.6. The first-order valence-corrected chi connectivity index (χ1v) is 10.4. The van der Waals surface area contributed by atoms with E-state index in [0.717, 1.165) is 31.4 Å². The summed E-state index contributed by atoms with van der Waals surface area (Å²) in [5.74, 6) is 1.10. The van der Waals surface area contributed by atoms with Gasteiger partial charge in [-0.15, -0.1) is 0 Å². The molecule has 8 heteroatoms. The zero-order valence-corrected chi connectivity index (χ0v) is 15.9. The fraction of sp³-hybridized carbons (Fsp3) is 0.882. The molecule has 0 aromatic rings. The van der Waals surface area contributed by atoms with Gasteiger partial charge in [0.05, 0.1) is 25.3 Å². The van der Waals surface area contributed by atoms with Crippen molar-refractivity contribution >= 4 is 23.7 Å². The van der Waals surface area contributed by atoms with E-state index in [1.54, 1.807) is 0 Å². The summed E-state index contributed by atoms with van der Waals surface area (Å²) >= 11 is 1.92. The van der Waals surface area contributed by atoms with E-state index in [1.165, 1.54) is 0 Å². The number of thioether (sulfide) groups is 1. The third-order valence-electron chi connectivity index (χ3n) is 4.44. The summed E-state index contributed by atoms with van der Waals surface area (Å²) in [7, 11) is 0. The van der Waals surface area contributed by atoms with Crippen molar-refractivity contribution in [3.05, 3.63) is 0 Å². The van der Waals surface area contributed by atoms with Gasteiger partial charge in [0.25, 0.3) is 0 Å². The summed E-state index contributed by atoms with van der Waals surface area (Å²) in [6.07, 6.45) is 4.36. The molecule has 0 spiro atoms. The minimum atomic E-state index is -0.0402. The molecule has 0 aromatic carbocycles. The first-order chi connectivity index (χ1) is 12.2. The van der Waals surface area contributed by atoms with Gasteiger partial charge in [0, 0.05) is 37.2 Å². The lowest BCUT2D eigenvalue weighted by atomic mass is 10.0. The Kier molecular flexibility index (Phi) is 9.42. The van der Waals surface area contributed by atoms with Gasteiger partial charge in [-0.05, 0) is 26.2 Å². The smallest absolute Gasteiger partial charge is 0.315 e. The van der Waals surface area contributed by atoms with Crippen molar-refractivity contribution in [3.8, 4) is 0 Å². The van der Waals surface area contributed by atoms with Crippen molar-refractivity contribution < 1.29 is 19.1 Å². The molecule has 2 rings (SSSR count). The molecule has 2 aliphatic heterocycles. The van der Waals surface area contributed by atoms with Crippen molar-refractivity contribution in [2.24, 2.45) is 0 Å². The van der Waals surface area contributed by atoms with E-state index in [-0.39, 0.29) is 24.0 Å². The van der Waals surface area contributed by atoms with Crippen LogP contribution < -0.4 is 16.0 Å². The Hall–Kier alpha value is -0.990. The number of nitrogens with one attached hydrogen (secondary N) is 3. The van der Waals surface area contributed by atoms with Gasteiger partial charge < -0.3 is 25.4 Å². The van der Waals surface area contributed by atoms with Gasteiger partial charge in [0.15, 0.2) is 0 Å². The number of ether oxygens (including phenoxy) is 2. The predicted molar refractivity (Wildman–Crippen MR) is 98.9 cm³/mol. The molecular weight excluding hydrogens is 342 g/mol. The third kappa shape index (κ3) is 7.42. The van der Waals surface area contributed by atoms with Gasteiger partial charge in [-0.25, -0.2) is 4.79 Å². The van der Waals surface area contributed by atoms with Crippen molar-refractivity contribution in [3.63, 3.8) is 0 Å². The fourth-order valence-corrected chi connectivity index (χ4v) is 4.67. The number of carbonyl (C=O) groups excluding carboxylic acids is 2. The highest BCUT2D eigenvalue weighted by atomic mass is 32.2. The Morgan fingerprint density at radius 1 is 1.20 bits per heavy atom. The van der Waals surface area contributed by atoms with Crippen LogP contribution in [0.4, 0.5) is 4.79 Å². The Bertz CT molecular complexity index is 425. The molecule has 144 valence electrons. The largest absolute Gasteiger partial charge is 0.379 e. The standard InChI is InChI=1S/C17H31N3O4S/c1-2-23-10-11-24-9-5-8-18-15(21)7-4-3-6-14-16-13(12-25-14)19-17(22)20-16/h13-14,16H,2-12H2,1H3,(H,18,21)(H2,19,20,22)/t13-,14-,16-/m1/s1. The summed E-state index contributed by atoms with van der Waals surface area (Å²) in [6.45, 7) is 5.22. The second-order valence-electron chi connectivity index (χ2n) is 6.38. The molecular formula is C17H31N3O4S. The summed E-state index contributed by atoms with van der Waals surface area (Å²) in [6, 6.07) is 0.497. The van der Waals surface area contributed by atoms with Crippen molar-refractivity contribution in [2.75, 3.05) is 38.7 Å². The van der Waals surface area contributed by atoms with Crippen LogP contribution in [0.25, 0.3) is 0 Å². The maximum atomic E-state index is 11.8. The highest BCUT2D eigenvalue weighted by Gasteiger charge is 2.42. The summed E-state index contributed by atoms with van der Waals surface area (Å²) in [4.78, 5) is 23.1. The minimum absolute atomic E-state index is 0.0402. The maximum Gasteiger partial charge on any atom is 0.315 e. The molecule has 0 bridgehead atoms. The topological polar surface area (TPSA) is 88.7 Å². The Morgan fingerprint density at radius 3 is 2.88 bits per heavy atom. The highest BCUT2D eigenvalue weighted by molar-refractivity contribution is 8.00. The molecule has 0 aromatic heterocycles. The van der Waals surface area contributed by atoms with E-state index in [0.29, 0.717) is 44.6 Å². The summed E-state index contributed by atoms with van der Waals surface area (Å²) in [5.41, 5.74) is 0. The number of fused-ring (bicyclic) bond motifs is 1. The molecule has 2 heterocycles.